The third-order valence-corrected chi connectivity index (χ3v) is 3.17. The zero-order valence-electron chi connectivity index (χ0n) is 9.03. The molecule has 1 aromatic carbocycles. The van der Waals surface area contributed by atoms with Gasteiger partial charge < -0.3 is 5.32 Å². The number of anilines is 1. The Morgan fingerprint density at radius 2 is 2.11 bits per heavy atom. The number of nitrogens with zero attached hydrogens (tertiary/aromatic N) is 2. The predicted molar refractivity (Wildman–Crippen MR) is 72.7 cm³/mol. The van der Waals surface area contributed by atoms with Crippen LogP contribution in [-0.4, -0.2) is 15.7 Å². The van der Waals surface area contributed by atoms with Crippen molar-refractivity contribution in [3.63, 3.8) is 0 Å². The van der Waals surface area contributed by atoms with Crippen molar-refractivity contribution in [1.29, 1.82) is 0 Å². The van der Waals surface area contributed by atoms with E-state index in [1.54, 1.807) is 18.2 Å². The first-order valence-electron chi connectivity index (χ1n) is 4.99. The average Bonchev–Trinajstić information content (AvgIpc) is 2.61. The van der Waals surface area contributed by atoms with E-state index >= 15 is 0 Å². The molecule has 0 fully saturated rings. The number of para-hydroxylation sites is 1. The van der Waals surface area contributed by atoms with Gasteiger partial charge in [-0.15, -0.1) is 0 Å². The van der Waals surface area contributed by atoms with Crippen molar-refractivity contribution in [1.82, 2.24) is 9.78 Å². The van der Waals surface area contributed by atoms with Gasteiger partial charge in [0, 0.05) is 6.07 Å². The lowest BCUT2D eigenvalue weighted by Gasteiger charge is -2.06. The van der Waals surface area contributed by atoms with Gasteiger partial charge in [0.15, 0.2) is 0 Å². The molecule has 1 N–H and O–H groups in total. The van der Waals surface area contributed by atoms with Crippen LogP contribution in [0.15, 0.2) is 39.5 Å². The van der Waals surface area contributed by atoms with Crippen molar-refractivity contribution in [3.05, 3.63) is 45.4 Å². The summed E-state index contributed by atoms with van der Waals surface area (Å²) in [5, 5.41) is 6.53. The fourth-order valence-corrected chi connectivity index (χ4v) is 2.50. The van der Waals surface area contributed by atoms with Crippen LogP contribution in [0.5, 0.6) is 0 Å². The summed E-state index contributed by atoms with van der Waals surface area (Å²) >= 11 is 6.46. The summed E-state index contributed by atoms with van der Waals surface area (Å²) < 4.78 is 16.1. The van der Waals surface area contributed by atoms with E-state index in [0.717, 1.165) is 0 Å². The minimum Gasteiger partial charge on any atom is -0.322 e. The van der Waals surface area contributed by atoms with Crippen LogP contribution < -0.4 is 5.32 Å². The zero-order valence-corrected chi connectivity index (χ0v) is 12.2. The van der Waals surface area contributed by atoms with Gasteiger partial charge in [0.2, 0.25) is 5.91 Å². The number of nitrogens with one attached hydrogen (secondary N) is 1. The molecule has 1 amide bonds. The molecule has 18 heavy (non-hydrogen) atoms. The molecule has 0 atom stereocenters. The summed E-state index contributed by atoms with van der Waals surface area (Å²) in [5.41, 5.74) is 0.157. The van der Waals surface area contributed by atoms with E-state index in [1.165, 1.54) is 16.8 Å². The lowest BCUT2D eigenvalue weighted by molar-refractivity contribution is -0.117. The molecule has 0 aliphatic rings. The summed E-state index contributed by atoms with van der Waals surface area (Å²) in [5.74, 6) is -0.817. The molecule has 4 nitrogen and oxygen atoms in total. The van der Waals surface area contributed by atoms with Gasteiger partial charge in [0.25, 0.3) is 0 Å². The molecule has 0 saturated heterocycles. The lowest BCUT2D eigenvalue weighted by Crippen LogP contribution is -2.20. The first kappa shape index (κ1) is 13.2. The normalized spacial score (nSPS) is 10.4. The monoisotopic (exact) mass is 375 g/mol. The van der Waals surface area contributed by atoms with Crippen LogP contribution >= 0.6 is 31.9 Å². The molecule has 1 heterocycles. The first-order valence-corrected chi connectivity index (χ1v) is 6.58. The SMILES string of the molecule is O=C(Cn1nc(Br)cc1Br)Nc1ccccc1F. The molecule has 0 saturated carbocycles. The molecular formula is C11H8Br2FN3O. The minimum atomic E-state index is -0.466. The van der Waals surface area contributed by atoms with Crippen molar-refractivity contribution in [2.45, 2.75) is 6.54 Å². The number of carbonyl (C=O) groups excluding carboxylic acids is 1. The Labute approximate surface area is 119 Å². The maximum atomic E-state index is 13.3. The Morgan fingerprint density at radius 3 is 2.72 bits per heavy atom. The number of rotatable bonds is 3. The highest BCUT2D eigenvalue weighted by Gasteiger charge is 2.10. The third-order valence-electron chi connectivity index (χ3n) is 2.14. The Bertz CT molecular complexity index is 585. The molecular weight excluding hydrogens is 369 g/mol. The van der Waals surface area contributed by atoms with Crippen molar-refractivity contribution < 1.29 is 9.18 Å². The van der Waals surface area contributed by atoms with Gasteiger partial charge >= 0.3 is 0 Å². The molecule has 0 spiro atoms. The second-order valence-corrected chi connectivity index (χ2v) is 5.10. The fourth-order valence-electron chi connectivity index (χ4n) is 1.36. The molecule has 0 unspecified atom stereocenters. The van der Waals surface area contributed by atoms with Crippen molar-refractivity contribution >= 4 is 43.5 Å². The van der Waals surface area contributed by atoms with E-state index in [2.05, 4.69) is 42.3 Å². The summed E-state index contributed by atoms with van der Waals surface area (Å²) in [6.07, 6.45) is 0. The highest BCUT2D eigenvalue weighted by atomic mass is 79.9. The maximum absolute atomic E-state index is 13.3. The Hall–Kier alpha value is -1.21. The summed E-state index contributed by atoms with van der Waals surface area (Å²) in [6.45, 7) is 0.000514. The van der Waals surface area contributed by atoms with E-state index in [0.29, 0.717) is 9.21 Å². The predicted octanol–water partition coefficient (Wildman–Crippen LogP) is 3.19. The number of aromatic nitrogens is 2. The van der Waals surface area contributed by atoms with E-state index in [-0.39, 0.29) is 18.1 Å². The third kappa shape index (κ3) is 3.17. The molecule has 2 aromatic rings. The largest absolute Gasteiger partial charge is 0.322 e. The van der Waals surface area contributed by atoms with Gasteiger partial charge in [0.05, 0.1) is 5.69 Å². The molecule has 7 heteroatoms. The van der Waals surface area contributed by atoms with Gasteiger partial charge in [-0.25, -0.2) is 9.07 Å². The number of hydrogen-bond donors (Lipinski definition) is 1. The molecule has 2 rings (SSSR count). The fraction of sp³-hybridized carbons (Fsp3) is 0.0909. The number of amides is 1. The minimum absolute atomic E-state index is 0.000514. The number of carbonyl (C=O) groups is 1. The summed E-state index contributed by atoms with van der Waals surface area (Å²) in [4.78, 5) is 11.7. The van der Waals surface area contributed by atoms with Crippen LogP contribution in [0.4, 0.5) is 10.1 Å². The maximum Gasteiger partial charge on any atom is 0.246 e. The van der Waals surface area contributed by atoms with Gasteiger partial charge in [0.1, 0.15) is 21.6 Å². The van der Waals surface area contributed by atoms with Crippen LogP contribution in [-0.2, 0) is 11.3 Å². The van der Waals surface area contributed by atoms with Crippen molar-refractivity contribution in [2.75, 3.05) is 5.32 Å². The summed E-state index contributed by atoms with van der Waals surface area (Å²) in [6, 6.07) is 7.72. The topological polar surface area (TPSA) is 46.9 Å². The Kier molecular flexibility index (Phi) is 4.13. The van der Waals surface area contributed by atoms with Crippen LogP contribution in [0, 0.1) is 5.82 Å². The number of hydrogen-bond acceptors (Lipinski definition) is 2. The zero-order chi connectivity index (χ0) is 13.1. The van der Waals surface area contributed by atoms with Crippen LogP contribution in [0.25, 0.3) is 0 Å². The smallest absolute Gasteiger partial charge is 0.246 e. The van der Waals surface area contributed by atoms with Gasteiger partial charge in [-0.05, 0) is 44.0 Å². The Morgan fingerprint density at radius 1 is 1.39 bits per heavy atom. The average molecular weight is 377 g/mol. The van der Waals surface area contributed by atoms with E-state index < -0.39 is 5.82 Å². The van der Waals surface area contributed by atoms with Crippen LogP contribution in [0.3, 0.4) is 0 Å². The van der Waals surface area contributed by atoms with Crippen molar-refractivity contribution in [2.24, 2.45) is 0 Å². The summed E-state index contributed by atoms with van der Waals surface area (Å²) in [7, 11) is 0. The van der Waals surface area contributed by atoms with E-state index in [9.17, 15) is 9.18 Å². The van der Waals surface area contributed by atoms with Crippen LogP contribution in [0.1, 0.15) is 0 Å². The second-order valence-electron chi connectivity index (χ2n) is 3.48. The van der Waals surface area contributed by atoms with Gasteiger partial charge in [-0.2, -0.15) is 5.10 Å². The second kappa shape index (κ2) is 5.62. The molecule has 0 aliphatic heterocycles. The molecule has 0 radical (unpaired) electrons. The van der Waals surface area contributed by atoms with Gasteiger partial charge in [-0.3, -0.25) is 4.79 Å². The van der Waals surface area contributed by atoms with Crippen LogP contribution in [0.2, 0.25) is 0 Å². The van der Waals surface area contributed by atoms with E-state index in [1.807, 2.05) is 0 Å². The molecule has 0 bridgehead atoms. The standard InChI is InChI=1S/C11H8Br2FN3O/c12-9-5-10(13)17(16-9)6-11(18)15-8-4-2-1-3-7(8)14/h1-5H,6H2,(H,15,18). The number of halogens is 3. The molecule has 94 valence electrons. The lowest BCUT2D eigenvalue weighted by atomic mass is 10.3. The quantitative estimate of drug-likeness (QED) is 0.894. The highest BCUT2D eigenvalue weighted by molar-refractivity contribution is 9.11. The first-order chi connectivity index (χ1) is 8.56. The van der Waals surface area contributed by atoms with Crippen molar-refractivity contribution in [3.8, 4) is 0 Å². The van der Waals surface area contributed by atoms with E-state index in [4.69, 9.17) is 0 Å². The number of benzene rings is 1. The Balaban J connectivity index is 2.06. The molecule has 1 aromatic heterocycles. The van der Waals surface area contributed by atoms with Gasteiger partial charge in [-0.1, -0.05) is 12.1 Å². The highest BCUT2D eigenvalue weighted by Crippen LogP contribution is 2.17. The molecule has 0 aliphatic carbocycles.